The van der Waals surface area contributed by atoms with Crippen molar-refractivity contribution in [3.05, 3.63) is 126 Å². The van der Waals surface area contributed by atoms with Gasteiger partial charge in [-0.2, -0.15) is 4.39 Å². The minimum atomic E-state index is -1.18. The molecule has 0 fully saturated rings. The first kappa shape index (κ1) is 33.1. The van der Waals surface area contributed by atoms with Crippen LogP contribution in [-0.2, 0) is 28.6 Å². The molecular weight excluding hydrogens is 595 g/mol. The highest BCUT2D eigenvalue weighted by atomic mass is 19.1. The highest BCUT2D eigenvalue weighted by Crippen LogP contribution is 2.30. The summed E-state index contributed by atoms with van der Waals surface area (Å²) >= 11 is 0. The molecule has 0 heterocycles. The molecule has 0 saturated heterocycles. The third-order valence-electron chi connectivity index (χ3n) is 6.76. The van der Waals surface area contributed by atoms with E-state index in [9.17, 15) is 23.6 Å². The van der Waals surface area contributed by atoms with Gasteiger partial charge in [-0.1, -0.05) is 55.6 Å². The number of rotatable bonds is 13. The molecule has 3 aromatic carbocycles. The maximum Gasteiger partial charge on any atom is 0.366 e. The number of esters is 4. The summed E-state index contributed by atoms with van der Waals surface area (Å²) in [6.07, 6.45) is 4.63. The van der Waals surface area contributed by atoms with E-state index in [1.54, 1.807) is 42.5 Å². The predicted molar refractivity (Wildman–Crippen MR) is 167 cm³/mol. The molecule has 0 radical (unpaired) electrons. The fourth-order valence-electron chi connectivity index (χ4n) is 4.27. The molecule has 0 amide bonds. The van der Waals surface area contributed by atoms with Gasteiger partial charge in [0, 0.05) is 12.0 Å². The fraction of sp³-hybridized carbons (Fsp3) is 0.167. The van der Waals surface area contributed by atoms with Gasteiger partial charge >= 0.3 is 23.9 Å². The van der Waals surface area contributed by atoms with Gasteiger partial charge in [0.2, 0.25) is 5.83 Å². The average molecular weight is 627 g/mol. The van der Waals surface area contributed by atoms with E-state index in [0.29, 0.717) is 35.7 Å². The van der Waals surface area contributed by atoms with Gasteiger partial charge in [0.25, 0.3) is 0 Å². The third-order valence-corrected chi connectivity index (χ3v) is 6.76. The van der Waals surface area contributed by atoms with Crippen LogP contribution in [0.5, 0.6) is 11.5 Å². The van der Waals surface area contributed by atoms with E-state index < -0.39 is 29.7 Å². The van der Waals surface area contributed by atoms with Crippen molar-refractivity contribution in [1.82, 2.24) is 0 Å². The largest absolute Gasteiger partial charge is 0.490 e. The van der Waals surface area contributed by atoms with Gasteiger partial charge in [-0.25, -0.2) is 14.4 Å². The molecule has 0 aromatic heterocycles. The second kappa shape index (κ2) is 15.8. The zero-order valence-electron chi connectivity index (χ0n) is 25.1. The van der Waals surface area contributed by atoms with E-state index in [1.807, 2.05) is 42.5 Å². The van der Waals surface area contributed by atoms with Gasteiger partial charge in [-0.3, -0.25) is 4.79 Å². The van der Waals surface area contributed by atoms with Gasteiger partial charge in [-0.15, -0.1) is 0 Å². The summed E-state index contributed by atoms with van der Waals surface area (Å²) in [6, 6.07) is 21.4. The quantitative estimate of drug-likeness (QED) is 0.0672. The van der Waals surface area contributed by atoms with E-state index in [0.717, 1.165) is 22.3 Å². The van der Waals surface area contributed by atoms with Gasteiger partial charge in [0.05, 0.1) is 19.1 Å². The lowest BCUT2D eigenvalue weighted by atomic mass is 9.94. The molecule has 0 bridgehead atoms. The number of halogens is 1. The SMILES string of the molecule is C=C(F)C(=O)OCCOc1ccc(C(=O)Oc2ccc(-c3ccc(C4=CC=C(OC(=O)C(=C)CC(=O)OC)CC4)cc3)cc2)cc1. The Balaban J connectivity index is 1.27. The summed E-state index contributed by atoms with van der Waals surface area (Å²) in [7, 11) is 1.24. The summed E-state index contributed by atoms with van der Waals surface area (Å²) < 4.78 is 38.0. The third kappa shape index (κ3) is 9.36. The molecule has 0 atom stereocenters. The first-order valence-electron chi connectivity index (χ1n) is 14.2. The van der Waals surface area contributed by atoms with Crippen LogP contribution in [0.3, 0.4) is 0 Å². The van der Waals surface area contributed by atoms with Crippen molar-refractivity contribution < 1.29 is 47.3 Å². The number of ether oxygens (including phenoxy) is 5. The van der Waals surface area contributed by atoms with Crippen molar-refractivity contribution in [1.29, 1.82) is 0 Å². The van der Waals surface area contributed by atoms with Crippen LogP contribution < -0.4 is 9.47 Å². The van der Waals surface area contributed by atoms with Crippen molar-refractivity contribution in [3.63, 3.8) is 0 Å². The highest BCUT2D eigenvalue weighted by molar-refractivity contribution is 5.94. The van der Waals surface area contributed by atoms with Gasteiger partial charge in [0.15, 0.2) is 0 Å². The Bertz CT molecular complexity index is 1680. The van der Waals surface area contributed by atoms with Crippen LogP contribution in [0.15, 0.2) is 115 Å². The summed E-state index contributed by atoms with van der Waals surface area (Å²) in [6.45, 7) is 6.30. The molecule has 0 unspecified atom stereocenters. The first-order chi connectivity index (χ1) is 22.1. The van der Waals surface area contributed by atoms with E-state index in [2.05, 4.69) is 22.6 Å². The van der Waals surface area contributed by atoms with Crippen molar-refractivity contribution in [2.45, 2.75) is 19.3 Å². The molecule has 0 saturated carbocycles. The van der Waals surface area contributed by atoms with Crippen LogP contribution >= 0.6 is 0 Å². The molecule has 236 valence electrons. The van der Waals surface area contributed by atoms with Crippen LogP contribution in [-0.4, -0.2) is 44.2 Å². The number of carbonyl (C=O) groups is 4. The lowest BCUT2D eigenvalue weighted by molar-refractivity contribution is -0.143. The van der Waals surface area contributed by atoms with Crippen molar-refractivity contribution in [3.8, 4) is 22.6 Å². The van der Waals surface area contributed by atoms with Gasteiger partial charge in [0.1, 0.15) is 30.5 Å². The summed E-state index contributed by atoms with van der Waals surface area (Å²) in [4.78, 5) is 47.1. The molecule has 4 rings (SSSR count). The number of carbonyl (C=O) groups excluding carboxylic acids is 4. The number of hydrogen-bond acceptors (Lipinski definition) is 9. The van der Waals surface area contributed by atoms with Crippen molar-refractivity contribution >= 4 is 29.5 Å². The lowest BCUT2D eigenvalue weighted by Crippen LogP contribution is -2.12. The van der Waals surface area contributed by atoms with E-state index >= 15 is 0 Å². The molecule has 9 nitrogen and oxygen atoms in total. The Labute approximate surface area is 265 Å². The molecule has 10 heteroatoms. The zero-order valence-corrected chi connectivity index (χ0v) is 25.1. The average Bonchev–Trinajstić information content (AvgIpc) is 3.07. The van der Waals surface area contributed by atoms with Crippen LogP contribution in [0, 0.1) is 0 Å². The Morgan fingerprint density at radius 3 is 1.91 bits per heavy atom. The van der Waals surface area contributed by atoms with Crippen LogP contribution in [0.25, 0.3) is 16.7 Å². The predicted octanol–water partition coefficient (Wildman–Crippen LogP) is 6.70. The second-order valence-corrected chi connectivity index (χ2v) is 9.98. The number of hydrogen-bond donors (Lipinski definition) is 0. The van der Waals surface area contributed by atoms with Crippen molar-refractivity contribution in [2.24, 2.45) is 0 Å². The topological polar surface area (TPSA) is 114 Å². The summed E-state index contributed by atoms with van der Waals surface area (Å²) in [5, 5.41) is 0. The smallest absolute Gasteiger partial charge is 0.366 e. The Hall–Kier alpha value is -5.77. The first-order valence-corrected chi connectivity index (χ1v) is 14.2. The standard InChI is InChI=1S/C36H31FO9/c1-23(22-33(38)42-3)34(39)45-31-16-8-27(9-17-31)25-4-6-26(7-5-25)28-10-18-32(19-11-28)46-36(41)29-12-14-30(15-13-29)43-20-21-44-35(40)24(2)37/h4-8,10-16,18-19H,1-2,9,17,20-22H2,3H3. The molecule has 0 spiro atoms. The van der Waals surface area contributed by atoms with E-state index in [-0.39, 0.29) is 25.2 Å². The summed E-state index contributed by atoms with van der Waals surface area (Å²) in [5.74, 6) is -2.75. The van der Waals surface area contributed by atoms with Crippen LogP contribution in [0.2, 0.25) is 0 Å². The molecule has 3 aromatic rings. The minimum Gasteiger partial charge on any atom is -0.490 e. The second-order valence-electron chi connectivity index (χ2n) is 9.98. The fourth-order valence-corrected chi connectivity index (χ4v) is 4.27. The summed E-state index contributed by atoms with van der Waals surface area (Å²) in [5.41, 5.74) is 4.39. The maximum atomic E-state index is 12.6. The zero-order chi connectivity index (χ0) is 33.1. The highest BCUT2D eigenvalue weighted by Gasteiger charge is 2.18. The maximum absolute atomic E-state index is 12.6. The monoisotopic (exact) mass is 626 g/mol. The normalized spacial score (nSPS) is 12.1. The van der Waals surface area contributed by atoms with Crippen LogP contribution in [0.1, 0.15) is 35.2 Å². The van der Waals surface area contributed by atoms with Crippen molar-refractivity contribution in [2.75, 3.05) is 20.3 Å². The van der Waals surface area contributed by atoms with Gasteiger partial charge in [-0.05, 0) is 71.2 Å². The number of methoxy groups -OCH3 is 1. The molecule has 0 N–H and O–H groups in total. The lowest BCUT2D eigenvalue weighted by Gasteiger charge is -2.16. The Morgan fingerprint density at radius 1 is 0.717 bits per heavy atom. The molecule has 1 aliphatic carbocycles. The number of benzene rings is 3. The molecule has 1 aliphatic rings. The minimum absolute atomic E-state index is 0.00541. The molecular formula is C36H31FO9. The van der Waals surface area contributed by atoms with Gasteiger partial charge < -0.3 is 23.7 Å². The van der Waals surface area contributed by atoms with Crippen LogP contribution in [0.4, 0.5) is 4.39 Å². The Morgan fingerprint density at radius 2 is 1.33 bits per heavy atom. The Kier molecular flexibility index (Phi) is 11.4. The molecule has 46 heavy (non-hydrogen) atoms. The van der Waals surface area contributed by atoms with E-state index in [4.69, 9.17) is 14.2 Å². The van der Waals surface area contributed by atoms with E-state index in [1.165, 1.54) is 7.11 Å². The number of allylic oxidation sites excluding steroid dienone is 4. The molecule has 0 aliphatic heterocycles.